The molecular weight excluding hydrogens is 300 g/mol. The number of hydrogen-bond acceptors (Lipinski definition) is 4. The quantitative estimate of drug-likeness (QED) is 0.586. The molecule has 2 aromatic carbocycles. The van der Waals surface area contributed by atoms with E-state index in [9.17, 15) is 0 Å². The highest BCUT2D eigenvalue weighted by atomic mass is 15.3. The fourth-order valence-electron chi connectivity index (χ4n) is 2.23. The summed E-state index contributed by atoms with van der Waals surface area (Å²) >= 11 is 0. The lowest BCUT2D eigenvalue weighted by molar-refractivity contribution is -0.657. The molecular formula is C18H17N6+. The molecule has 0 saturated carbocycles. The van der Waals surface area contributed by atoms with Crippen molar-refractivity contribution in [2.75, 3.05) is 5.32 Å². The SMILES string of the molecule is Cn1cc[n+](C)c1/N=N/c1ccc(Nc2ccc(C#N)cc2)cc1. The summed E-state index contributed by atoms with van der Waals surface area (Å²) in [5.74, 6) is 0.773. The van der Waals surface area contributed by atoms with Gasteiger partial charge in [0.1, 0.15) is 5.69 Å². The number of nitrogens with zero attached hydrogens (tertiary/aromatic N) is 5. The van der Waals surface area contributed by atoms with E-state index in [0.29, 0.717) is 5.56 Å². The van der Waals surface area contributed by atoms with Crippen molar-refractivity contribution in [1.29, 1.82) is 5.26 Å². The topological polar surface area (TPSA) is 69.3 Å². The number of nitrogens with one attached hydrogen (secondary N) is 1. The summed E-state index contributed by atoms with van der Waals surface area (Å²) in [4.78, 5) is 0. The normalized spacial score (nSPS) is 10.7. The van der Waals surface area contributed by atoms with Crippen LogP contribution in [-0.2, 0) is 14.1 Å². The summed E-state index contributed by atoms with van der Waals surface area (Å²) in [6.07, 6.45) is 3.86. The molecule has 6 heteroatoms. The minimum Gasteiger partial charge on any atom is -0.356 e. The van der Waals surface area contributed by atoms with Crippen molar-refractivity contribution in [3.8, 4) is 6.07 Å². The first kappa shape index (κ1) is 15.4. The molecule has 0 aliphatic carbocycles. The van der Waals surface area contributed by atoms with Crippen LogP contribution >= 0.6 is 0 Å². The van der Waals surface area contributed by atoms with Gasteiger partial charge in [0, 0.05) is 16.5 Å². The van der Waals surface area contributed by atoms with E-state index in [1.165, 1.54) is 0 Å². The van der Waals surface area contributed by atoms with Crippen molar-refractivity contribution in [3.63, 3.8) is 0 Å². The smallest absolute Gasteiger partial charge is 0.356 e. The van der Waals surface area contributed by atoms with Crippen molar-refractivity contribution in [2.45, 2.75) is 0 Å². The number of azo groups is 1. The number of aryl methyl sites for hydroxylation is 2. The lowest BCUT2D eigenvalue weighted by Gasteiger charge is -2.06. The maximum Gasteiger partial charge on any atom is 0.421 e. The van der Waals surface area contributed by atoms with Crippen LogP contribution in [0.1, 0.15) is 5.56 Å². The zero-order chi connectivity index (χ0) is 16.9. The summed E-state index contributed by atoms with van der Waals surface area (Å²) in [6, 6.07) is 17.1. The van der Waals surface area contributed by atoms with Gasteiger partial charge in [-0.2, -0.15) is 5.26 Å². The fraction of sp³-hybridized carbons (Fsp3) is 0.111. The Morgan fingerprint density at radius 1 is 1.00 bits per heavy atom. The van der Waals surface area contributed by atoms with Crippen LogP contribution in [0, 0.1) is 11.3 Å². The molecule has 0 aliphatic rings. The van der Waals surface area contributed by atoms with Gasteiger partial charge in [-0.15, -0.1) is 0 Å². The number of imidazole rings is 1. The third-order valence-electron chi connectivity index (χ3n) is 3.57. The molecule has 3 aromatic rings. The second-order valence-corrected chi connectivity index (χ2v) is 5.38. The molecule has 0 saturated heterocycles. The third-order valence-corrected chi connectivity index (χ3v) is 3.57. The molecule has 0 fully saturated rings. The van der Waals surface area contributed by atoms with Crippen molar-refractivity contribution in [2.24, 2.45) is 24.3 Å². The highest BCUT2D eigenvalue weighted by Gasteiger charge is 2.10. The van der Waals surface area contributed by atoms with Crippen LogP contribution < -0.4 is 9.88 Å². The predicted molar refractivity (Wildman–Crippen MR) is 91.6 cm³/mol. The Labute approximate surface area is 140 Å². The molecule has 1 heterocycles. The molecule has 0 spiro atoms. The van der Waals surface area contributed by atoms with Crippen LogP contribution in [0.3, 0.4) is 0 Å². The first-order chi connectivity index (χ1) is 11.7. The van der Waals surface area contributed by atoms with Gasteiger partial charge >= 0.3 is 5.95 Å². The monoisotopic (exact) mass is 317 g/mol. The lowest BCUT2D eigenvalue weighted by atomic mass is 10.2. The van der Waals surface area contributed by atoms with E-state index in [1.807, 2.05) is 72.0 Å². The summed E-state index contributed by atoms with van der Waals surface area (Å²) in [6.45, 7) is 0. The van der Waals surface area contributed by atoms with E-state index in [2.05, 4.69) is 21.6 Å². The summed E-state index contributed by atoms with van der Waals surface area (Å²) in [7, 11) is 3.86. The standard InChI is InChI=1S/C18H16N6/c1-23-11-12-24(2)18(23)22-21-17-9-7-16(8-10-17)20-15-5-3-14(13-19)4-6-15/h3-12H,1-2H3/p+1. The van der Waals surface area contributed by atoms with Gasteiger partial charge in [-0.3, -0.25) is 0 Å². The van der Waals surface area contributed by atoms with Crippen molar-refractivity contribution in [3.05, 3.63) is 66.5 Å². The summed E-state index contributed by atoms with van der Waals surface area (Å²) in [5.41, 5.74) is 3.30. The van der Waals surface area contributed by atoms with Gasteiger partial charge in [0.05, 0.1) is 38.1 Å². The lowest BCUT2D eigenvalue weighted by Crippen LogP contribution is -2.25. The molecule has 0 atom stereocenters. The highest BCUT2D eigenvalue weighted by Crippen LogP contribution is 2.21. The van der Waals surface area contributed by atoms with Crippen LogP contribution in [0.4, 0.5) is 23.0 Å². The number of hydrogen-bond donors (Lipinski definition) is 1. The molecule has 0 radical (unpaired) electrons. The number of anilines is 2. The molecule has 3 rings (SSSR count). The minimum atomic E-state index is 0.644. The van der Waals surface area contributed by atoms with Gasteiger partial charge < -0.3 is 5.32 Å². The van der Waals surface area contributed by atoms with E-state index in [0.717, 1.165) is 23.0 Å². The van der Waals surface area contributed by atoms with Gasteiger partial charge in [-0.25, -0.2) is 9.13 Å². The Morgan fingerprint density at radius 3 is 2.17 bits per heavy atom. The highest BCUT2D eigenvalue weighted by molar-refractivity contribution is 5.62. The van der Waals surface area contributed by atoms with Crippen molar-refractivity contribution >= 4 is 23.0 Å². The minimum absolute atomic E-state index is 0.644. The Bertz CT molecular complexity index is 879. The van der Waals surface area contributed by atoms with Crippen LogP contribution in [0.25, 0.3) is 0 Å². The van der Waals surface area contributed by atoms with Crippen molar-refractivity contribution in [1.82, 2.24) is 4.57 Å². The van der Waals surface area contributed by atoms with E-state index in [1.54, 1.807) is 12.1 Å². The van der Waals surface area contributed by atoms with Crippen LogP contribution in [-0.4, -0.2) is 4.57 Å². The van der Waals surface area contributed by atoms with E-state index in [4.69, 9.17) is 5.26 Å². The zero-order valence-corrected chi connectivity index (χ0v) is 13.5. The Balaban J connectivity index is 1.70. The molecule has 6 nitrogen and oxygen atoms in total. The Hall–Kier alpha value is -3.46. The predicted octanol–water partition coefficient (Wildman–Crippen LogP) is 3.88. The molecule has 1 N–H and O–H groups in total. The number of aromatic nitrogens is 2. The second-order valence-electron chi connectivity index (χ2n) is 5.38. The van der Waals surface area contributed by atoms with E-state index >= 15 is 0 Å². The average molecular weight is 317 g/mol. The Morgan fingerprint density at radius 2 is 1.62 bits per heavy atom. The van der Waals surface area contributed by atoms with Gasteiger partial charge in [0.25, 0.3) is 0 Å². The number of benzene rings is 2. The van der Waals surface area contributed by atoms with Gasteiger partial charge in [-0.1, -0.05) is 5.11 Å². The summed E-state index contributed by atoms with van der Waals surface area (Å²) < 4.78 is 3.81. The largest absolute Gasteiger partial charge is 0.421 e. The maximum atomic E-state index is 8.81. The molecule has 0 bridgehead atoms. The number of rotatable bonds is 4. The maximum absolute atomic E-state index is 8.81. The molecule has 118 valence electrons. The second kappa shape index (κ2) is 6.75. The van der Waals surface area contributed by atoms with Crippen LogP contribution in [0.15, 0.2) is 71.2 Å². The molecule has 0 aliphatic heterocycles. The molecule has 0 unspecified atom stereocenters. The molecule has 1 aromatic heterocycles. The average Bonchev–Trinajstić information content (AvgIpc) is 2.93. The summed E-state index contributed by atoms with van der Waals surface area (Å²) in [5, 5.41) is 20.6. The van der Waals surface area contributed by atoms with E-state index in [-0.39, 0.29) is 0 Å². The van der Waals surface area contributed by atoms with Crippen LogP contribution in [0.5, 0.6) is 0 Å². The van der Waals surface area contributed by atoms with Crippen LogP contribution in [0.2, 0.25) is 0 Å². The Kier molecular flexibility index (Phi) is 4.34. The van der Waals surface area contributed by atoms with Crippen molar-refractivity contribution < 1.29 is 4.57 Å². The van der Waals surface area contributed by atoms with Gasteiger partial charge in [0.15, 0.2) is 0 Å². The molecule has 0 amide bonds. The first-order valence-corrected chi connectivity index (χ1v) is 7.45. The van der Waals surface area contributed by atoms with E-state index < -0.39 is 0 Å². The fourth-order valence-corrected chi connectivity index (χ4v) is 2.23. The van der Waals surface area contributed by atoms with Gasteiger partial charge in [0.2, 0.25) is 0 Å². The first-order valence-electron chi connectivity index (χ1n) is 7.45. The zero-order valence-electron chi connectivity index (χ0n) is 13.5. The number of nitriles is 1. The van der Waals surface area contributed by atoms with Gasteiger partial charge in [-0.05, 0) is 48.5 Å². The third kappa shape index (κ3) is 3.47. The molecule has 24 heavy (non-hydrogen) atoms.